The first kappa shape index (κ1) is 12.2. The molecular weight excluding hydrogens is 234 g/mol. The minimum atomic E-state index is 0.858. The fourth-order valence-electron chi connectivity index (χ4n) is 2.74. The smallest absolute Gasteiger partial charge is 0.137 e. The van der Waals surface area contributed by atoms with Gasteiger partial charge in [-0.25, -0.2) is 9.97 Å². The molecule has 0 atom stereocenters. The van der Waals surface area contributed by atoms with Gasteiger partial charge >= 0.3 is 0 Å². The summed E-state index contributed by atoms with van der Waals surface area (Å²) in [7, 11) is 0. The lowest BCUT2D eigenvalue weighted by atomic mass is 10.1. The Bertz CT molecular complexity index is 605. The van der Waals surface area contributed by atoms with E-state index in [1.54, 1.807) is 0 Å². The van der Waals surface area contributed by atoms with Gasteiger partial charge in [-0.05, 0) is 44.2 Å². The van der Waals surface area contributed by atoms with E-state index in [2.05, 4.69) is 46.5 Å². The molecule has 1 N–H and O–H groups in total. The molecule has 3 nitrogen and oxygen atoms in total. The van der Waals surface area contributed by atoms with Crippen LogP contribution in [0, 0.1) is 6.92 Å². The predicted octanol–water partition coefficient (Wildman–Crippen LogP) is 3.58. The van der Waals surface area contributed by atoms with E-state index < -0.39 is 0 Å². The number of rotatable bonds is 3. The lowest BCUT2D eigenvalue weighted by molar-refractivity contribution is 0.895. The van der Waals surface area contributed by atoms with Crippen molar-refractivity contribution in [3.8, 4) is 0 Å². The molecule has 0 amide bonds. The Balaban J connectivity index is 2.00. The molecule has 19 heavy (non-hydrogen) atoms. The molecule has 1 aliphatic carbocycles. The van der Waals surface area contributed by atoms with Gasteiger partial charge in [0, 0.05) is 16.9 Å². The second-order valence-electron chi connectivity index (χ2n) is 5.03. The Kier molecular flexibility index (Phi) is 3.20. The number of aromatic nitrogens is 2. The van der Waals surface area contributed by atoms with Gasteiger partial charge in [-0.15, -0.1) is 0 Å². The molecule has 0 aliphatic heterocycles. The molecule has 0 saturated carbocycles. The summed E-state index contributed by atoms with van der Waals surface area (Å²) < 4.78 is 0. The first-order valence-electron chi connectivity index (χ1n) is 6.99. The number of fused-ring (bicyclic) bond motifs is 1. The number of hydrogen-bond donors (Lipinski definition) is 1. The molecule has 0 unspecified atom stereocenters. The van der Waals surface area contributed by atoms with Gasteiger partial charge in [0.1, 0.15) is 11.6 Å². The second-order valence-corrected chi connectivity index (χ2v) is 5.03. The van der Waals surface area contributed by atoms with Crippen LogP contribution < -0.4 is 5.32 Å². The van der Waals surface area contributed by atoms with Crippen molar-refractivity contribution in [1.29, 1.82) is 0 Å². The number of hydrogen-bond acceptors (Lipinski definition) is 3. The van der Waals surface area contributed by atoms with Crippen molar-refractivity contribution in [2.75, 3.05) is 5.32 Å². The van der Waals surface area contributed by atoms with E-state index >= 15 is 0 Å². The zero-order valence-electron chi connectivity index (χ0n) is 11.5. The van der Waals surface area contributed by atoms with E-state index in [4.69, 9.17) is 0 Å². The van der Waals surface area contributed by atoms with Gasteiger partial charge in [-0.2, -0.15) is 0 Å². The van der Waals surface area contributed by atoms with Gasteiger partial charge < -0.3 is 5.32 Å². The summed E-state index contributed by atoms with van der Waals surface area (Å²) in [5, 5.41) is 3.51. The maximum atomic E-state index is 4.59. The Labute approximate surface area is 114 Å². The lowest BCUT2D eigenvalue weighted by Crippen LogP contribution is -2.04. The largest absolute Gasteiger partial charge is 0.340 e. The molecule has 0 saturated heterocycles. The summed E-state index contributed by atoms with van der Waals surface area (Å²) in [4.78, 5) is 9.14. The molecule has 98 valence electrons. The third kappa shape index (κ3) is 2.33. The molecule has 0 radical (unpaired) electrons. The first-order chi connectivity index (χ1) is 9.28. The summed E-state index contributed by atoms with van der Waals surface area (Å²) in [6, 6.07) is 8.43. The number of nitrogens with zero attached hydrogens (tertiary/aromatic N) is 2. The minimum Gasteiger partial charge on any atom is -0.340 e. The van der Waals surface area contributed by atoms with Gasteiger partial charge in [0.15, 0.2) is 0 Å². The highest BCUT2D eigenvalue weighted by atomic mass is 15.0. The van der Waals surface area contributed by atoms with Crippen molar-refractivity contribution in [3.63, 3.8) is 0 Å². The Morgan fingerprint density at radius 1 is 1.16 bits per heavy atom. The average Bonchev–Trinajstić information content (AvgIpc) is 2.87. The van der Waals surface area contributed by atoms with Crippen molar-refractivity contribution >= 4 is 11.5 Å². The van der Waals surface area contributed by atoms with E-state index in [1.165, 1.54) is 23.2 Å². The van der Waals surface area contributed by atoms with E-state index in [0.717, 1.165) is 36.6 Å². The van der Waals surface area contributed by atoms with Crippen molar-refractivity contribution < 1.29 is 0 Å². The molecular formula is C16H19N3. The van der Waals surface area contributed by atoms with Crippen LogP contribution in [-0.2, 0) is 19.3 Å². The average molecular weight is 253 g/mol. The third-order valence-electron chi connectivity index (χ3n) is 3.70. The first-order valence-corrected chi connectivity index (χ1v) is 6.99. The van der Waals surface area contributed by atoms with Gasteiger partial charge in [-0.3, -0.25) is 0 Å². The van der Waals surface area contributed by atoms with Gasteiger partial charge in [0.2, 0.25) is 0 Å². The number of nitrogens with one attached hydrogen (secondary N) is 1. The zero-order chi connectivity index (χ0) is 13.2. The van der Waals surface area contributed by atoms with Crippen LogP contribution in [0.25, 0.3) is 0 Å². The van der Waals surface area contributed by atoms with Crippen LogP contribution in [0.5, 0.6) is 0 Å². The minimum absolute atomic E-state index is 0.858. The van der Waals surface area contributed by atoms with Gasteiger partial charge in [0.05, 0.1) is 0 Å². The number of para-hydroxylation sites is 1. The molecule has 1 aromatic heterocycles. The summed E-state index contributed by atoms with van der Waals surface area (Å²) in [6.07, 6.45) is 4.39. The van der Waals surface area contributed by atoms with Crippen molar-refractivity contribution in [1.82, 2.24) is 9.97 Å². The highest BCUT2D eigenvalue weighted by Crippen LogP contribution is 2.29. The molecule has 1 aliphatic rings. The quantitative estimate of drug-likeness (QED) is 0.908. The summed E-state index contributed by atoms with van der Waals surface area (Å²) in [5.41, 5.74) is 5.02. The van der Waals surface area contributed by atoms with Gasteiger partial charge in [0.25, 0.3) is 0 Å². The van der Waals surface area contributed by atoms with Crippen LogP contribution in [0.1, 0.15) is 36.0 Å². The Morgan fingerprint density at radius 3 is 2.84 bits per heavy atom. The van der Waals surface area contributed by atoms with E-state index in [9.17, 15) is 0 Å². The molecule has 0 bridgehead atoms. The van der Waals surface area contributed by atoms with Crippen molar-refractivity contribution in [3.05, 3.63) is 46.9 Å². The normalized spacial score (nSPS) is 13.4. The van der Waals surface area contributed by atoms with Crippen LogP contribution in [-0.4, -0.2) is 9.97 Å². The highest BCUT2D eigenvalue weighted by Gasteiger charge is 2.18. The van der Waals surface area contributed by atoms with E-state index in [-0.39, 0.29) is 0 Å². The molecule has 1 heterocycles. The topological polar surface area (TPSA) is 37.8 Å². The molecule has 3 rings (SSSR count). The Hall–Kier alpha value is -1.90. The van der Waals surface area contributed by atoms with E-state index in [0.29, 0.717) is 0 Å². The van der Waals surface area contributed by atoms with Crippen LogP contribution >= 0.6 is 0 Å². The molecule has 0 fully saturated rings. The molecule has 2 aromatic rings. The Morgan fingerprint density at radius 2 is 2.00 bits per heavy atom. The van der Waals surface area contributed by atoms with Crippen LogP contribution in [0.2, 0.25) is 0 Å². The molecule has 3 heteroatoms. The predicted molar refractivity (Wildman–Crippen MR) is 77.9 cm³/mol. The second kappa shape index (κ2) is 5.00. The zero-order valence-corrected chi connectivity index (χ0v) is 11.5. The summed E-state index contributed by atoms with van der Waals surface area (Å²) in [5.74, 6) is 1.86. The maximum absolute atomic E-state index is 4.59. The monoisotopic (exact) mass is 253 g/mol. The van der Waals surface area contributed by atoms with Crippen molar-refractivity contribution in [2.24, 2.45) is 0 Å². The van der Waals surface area contributed by atoms with Crippen LogP contribution in [0.4, 0.5) is 11.5 Å². The van der Waals surface area contributed by atoms with Crippen molar-refractivity contribution in [2.45, 2.75) is 39.5 Å². The molecule has 1 aromatic carbocycles. The number of aryl methyl sites for hydroxylation is 3. The van der Waals surface area contributed by atoms with Gasteiger partial charge in [-0.1, -0.05) is 25.1 Å². The number of benzene rings is 1. The highest BCUT2D eigenvalue weighted by molar-refractivity contribution is 5.64. The lowest BCUT2D eigenvalue weighted by Gasteiger charge is -2.13. The fraction of sp³-hybridized carbons (Fsp3) is 0.375. The molecule has 0 spiro atoms. The summed E-state index contributed by atoms with van der Waals surface area (Å²) >= 11 is 0. The standard InChI is InChI=1S/C16H19N3/c1-3-12-7-4-5-9-14(12)19-16-13-8-6-10-15(13)17-11(2)18-16/h4-5,7,9H,3,6,8,10H2,1-2H3,(H,17,18,19). The number of anilines is 2. The SMILES string of the molecule is CCc1ccccc1Nc1nc(C)nc2c1CCC2. The van der Waals surface area contributed by atoms with Crippen LogP contribution in [0.3, 0.4) is 0 Å². The third-order valence-corrected chi connectivity index (χ3v) is 3.70. The van der Waals surface area contributed by atoms with Crippen LogP contribution in [0.15, 0.2) is 24.3 Å². The van der Waals surface area contributed by atoms with E-state index in [1.807, 2.05) is 6.92 Å². The summed E-state index contributed by atoms with van der Waals surface area (Å²) in [6.45, 7) is 4.14. The fourth-order valence-corrected chi connectivity index (χ4v) is 2.74. The maximum Gasteiger partial charge on any atom is 0.137 e.